The van der Waals surface area contributed by atoms with Crippen molar-refractivity contribution in [2.24, 2.45) is 0 Å². The van der Waals surface area contributed by atoms with Crippen LogP contribution < -0.4 is 16.0 Å². The second kappa shape index (κ2) is 6.78. The molecule has 1 aliphatic rings. The largest absolute Gasteiger partial charge is 0.372 e. The molecule has 2 aromatic carbocycles. The van der Waals surface area contributed by atoms with Gasteiger partial charge in [-0.2, -0.15) is 0 Å². The number of rotatable bonds is 4. The summed E-state index contributed by atoms with van der Waals surface area (Å²) in [5, 5.41) is 19.2. The van der Waals surface area contributed by atoms with Crippen LogP contribution in [0.5, 0.6) is 0 Å². The van der Waals surface area contributed by atoms with Gasteiger partial charge in [0.15, 0.2) is 0 Å². The van der Waals surface area contributed by atoms with E-state index < -0.39 is 16.9 Å². The Morgan fingerprint density at radius 3 is 2.68 bits per heavy atom. The van der Waals surface area contributed by atoms with Gasteiger partial charge in [-0.15, -0.1) is 0 Å². The average molecular weight is 361 g/mol. The maximum Gasteiger partial charge on any atom is 0.271 e. The van der Waals surface area contributed by atoms with E-state index in [0.29, 0.717) is 11.4 Å². The van der Waals surface area contributed by atoms with Gasteiger partial charge in [-0.1, -0.05) is 23.7 Å². The van der Waals surface area contributed by atoms with Crippen LogP contribution in [0.2, 0.25) is 5.02 Å². The highest BCUT2D eigenvalue weighted by Crippen LogP contribution is 2.28. The third-order valence-corrected chi connectivity index (χ3v) is 3.99. The van der Waals surface area contributed by atoms with E-state index in [1.54, 1.807) is 18.2 Å². The zero-order valence-corrected chi connectivity index (χ0v) is 13.5. The summed E-state index contributed by atoms with van der Waals surface area (Å²) >= 11 is 5.95. The minimum absolute atomic E-state index is 0.123. The number of nitro groups is 1. The van der Waals surface area contributed by atoms with Crippen LogP contribution in [-0.4, -0.2) is 22.8 Å². The molecular weight excluding hydrogens is 348 g/mol. The number of carbonyl (C=O) groups excluding carboxylic acids is 2. The van der Waals surface area contributed by atoms with Crippen molar-refractivity contribution >= 4 is 46.2 Å². The van der Waals surface area contributed by atoms with Crippen LogP contribution in [0.15, 0.2) is 42.5 Å². The van der Waals surface area contributed by atoms with Crippen molar-refractivity contribution in [3.63, 3.8) is 0 Å². The van der Waals surface area contributed by atoms with Crippen LogP contribution in [0.25, 0.3) is 0 Å². The number of hydrogen-bond acceptors (Lipinski definition) is 5. The number of para-hydroxylation sites is 2. The lowest BCUT2D eigenvalue weighted by Crippen LogP contribution is -2.41. The highest BCUT2D eigenvalue weighted by molar-refractivity contribution is 6.33. The summed E-state index contributed by atoms with van der Waals surface area (Å²) in [6.45, 7) is 0. The number of halogens is 1. The first-order valence-electron chi connectivity index (χ1n) is 7.34. The number of benzene rings is 2. The van der Waals surface area contributed by atoms with Gasteiger partial charge in [0.05, 0.1) is 33.4 Å². The van der Waals surface area contributed by atoms with Crippen LogP contribution >= 0.6 is 11.6 Å². The molecule has 0 aliphatic carbocycles. The van der Waals surface area contributed by atoms with E-state index in [0.717, 1.165) is 0 Å². The molecule has 2 amide bonds. The fourth-order valence-electron chi connectivity index (χ4n) is 2.44. The highest BCUT2D eigenvalue weighted by Gasteiger charge is 2.27. The van der Waals surface area contributed by atoms with E-state index in [2.05, 4.69) is 16.0 Å². The Morgan fingerprint density at radius 2 is 1.96 bits per heavy atom. The second-order valence-electron chi connectivity index (χ2n) is 5.41. The van der Waals surface area contributed by atoms with Gasteiger partial charge in [0.1, 0.15) is 6.04 Å². The molecule has 1 heterocycles. The SMILES string of the molecule is O=C(C[C@H]1Nc2ccccc2NC1=O)Nc1cc([N+](=O)[O-])ccc1Cl. The number of nitro benzene ring substituents is 1. The Morgan fingerprint density at radius 1 is 1.24 bits per heavy atom. The molecule has 0 saturated carbocycles. The van der Waals surface area contributed by atoms with Gasteiger partial charge in [0.2, 0.25) is 11.8 Å². The summed E-state index contributed by atoms with van der Waals surface area (Å²) in [4.78, 5) is 34.5. The Labute approximate surface area is 147 Å². The Hall–Kier alpha value is -3.13. The van der Waals surface area contributed by atoms with Crippen LogP contribution in [0, 0.1) is 10.1 Å². The fourth-order valence-corrected chi connectivity index (χ4v) is 2.61. The summed E-state index contributed by atoms with van der Waals surface area (Å²) in [5.41, 5.74) is 1.29. The molecule has 9 heteroatoms. The van der Waals surface area contributed by atoms with Gasteiger partial charge in [-0.3, -0.25) is 19.7 Å². The minimum atomic E-state index is -0.757. The van der Waals surface area contributed by atoms with E-state index in [9.17, 15) is 19.7 Å². The number of nitrogens with zero attached hydrogens (tertiary/aromatic N) is 1. The maximum atomic E-state index is 12.2. The lowest BCUT2D eigenvalue weighted by Gasteiger charge is -2.26. The van der Waals surface area contributed by atoms with Crippen molar-refractivity contribution < 1.29 is 14.5 Å². The highest BCUT2D eigenvalue weighted by atomic mass is 35.5. The quantitative estimate of drug-likeness (QED) is 0.573. The predicted octanol–water partition coefficient (Wildman–Crippen LogP) is 3.01. The smallest absolute Gasteiger partial charge is 0.271 e. The first-order valence-corrected chi connectivity index (χ1v) is 7.72. The topological polar surface area (TPSA) is 113 Å². The molecule has 1 atom stereocenters. The first kappa shape index (κ1) is 16.7. The van der Waals surface area contributed by atoms with Crippen molar-refractivity contribution in [1.82, 2.24) is 0 Å². The van der Waals surface area contributed by atoms with Gasteiger partial charge in [-0.05, 0) is 18.2 Å². The molecule has 0 radical (unpaired) electrons. The minimum Gasteiger partial charge on any atom is -0.372 e. The molecule has 1 aliphatic heterocycles. The van der Waals surface area contributed by atoms with Crippen molar-refractivity contribution in [2.75, 3.05) is 16.0 Å². The van der Waals surface area contributed by atoms with Gasteiger partial charge in [-0.25, -0.2) is 0 Å². The molecule has 0 fully saturated rings. The Balaban J connectivity index is 1.70. The normalized spacial score (nSPS) is 15.6. The number of amides is 2. The van der Waals surface area contributed by atoms with Gasteiger partial charge >= 0.3 is 0 Å². The Bertz CT molecular complexity index is 871. The van der Waals surface area contributed by atoms with Crippen molar-refractivity contribution in [3.05, 3.63) is 57.6 Å². The van der Waals surface area contributed by atoms with Crippen molar-refractivity contribution in [3.8, 4) is 0 Å². The standard InChI is InChI=1S/C16H13ClN4O4/c17-10-6-5-9(21(24)25)7-13(10)19-15(22)8-14-16(23)20-12-4-2-1-3-11(12)18-14/h1-7,14,18H,8H2,(H,19,22)(H,20,23)/t14-/m1/s1. The van der Waals surface area contributed by atoms with E-state index in [1.807, 2.05) is 6.07 Å². The Kier molecular flexibility index (Phi) is 4.53. The lowest BCUT2D eigenvalue weighted by atomic mass is 10.1. The molecule has 3 rings (SSSR count). The molecule has 3 N–H and O–H groups in total. The third kappa shape index (κ3) is 3.69. The monoisotopic (exact) mass is 360 g/mol. The van der Waals surface area contributed by atoms with E-state index in [-0.39, 0.29) is 28.7 Å². The van der Waals surface area contributed by atoms with Crippen LogP contribution in [0.4, 0.5) is 22.7 Å². The first-order chi connectivity index (χ1) is 11.9. The number of hydrogen-bond donors (Lipinski definition) is 3. The van der Waals surface area contributed by atoms with Crippen LogP contribution in [0.1, 0.15) is 6.42 Å². The molecule has 25 heavy (non-hydrogen) atoms. The summed E-state index contributed by atoms with van der Waals surface area (Å²) in [6, 6.07) is 10.1. The van der Waals surface area contributed by atoms with E-state index in [1.165, 1.54) is 18.2 Å². The van der Waals surface area contributed by atoms with Crippen molar-refractivity contribution in [2.45, 2.75) is 12.5 Å². The van der Waals surface area contributed by atoms with Crippen molar-refractivity contribution in [1.29, 1.82) is 0 Å². The second-order valence-corrected chi connectivity index (χ2v) is 5.81. The van der Waals surface area contributed by atoms with Gasteiger partial charge in [0.25, 0.3) is 5.69 Å². The molecule has 2 aromatic rings. The summed E-state index contributed by atoms with van der Waals surface area (Å²) in [6.07, 6.45) is -0.154. The lowest BCUT2D eigenvalue weighted by molar-refractivity contribution is -0.384. The fraction of sp³-hybridized carbons (Fsp3) is 0.125. The zero-order chi connectivity index (χ0) is 18.0. The number of carbonyl (C=O) groups is 2. The van der Waals surface area contributed by atoms with Gasteiger partial charge in [0, 0.05) is 12.1 Å². The molecule has 8 nitrogen and oxygen atoms in total. The predicted molar refractivity (Wildman–Crippen MR) is 93.8 cm³/mol. The summed E-state index contributed by atoms with van der Waals surface area (Å²) in [5.74, 6) is -0.826. The van der Waals surface area contributed by atoms with E-state index >= 15 is 0 Å². The number of anilines is 3. The van der Waals surface area contributed by atoms with E-state index in [4.69, 9.17) is 11.6 Å². The van der Waals surface area contributed by atoms with Gasteiger partial charge < -0.3 is 16.0 Å². The number of nitrogens with one attached hydrogen (secondary N) is 3. The molecule has 0 saturated heterocycles. The molecule has 0 unspecified atom stereocenters. The number of fused-ring (bicyclic) bond motifs is 1. The average Bonchev–Trinajstić information content (AvgIpc) is 2.57. The molecule has 0 bridgehead atoms. The van der Waals surface area contributed by atoms with Crippen LogP contribution in [0.3, 0.4) is 0 Å². The number of non-ortho nitro benzene ring substituents is 1. The molecule has 0 aromatic heterocycles. The molecule has 0 spiro atoms. The third-order valence-electron chi connectivity index (χ3n) is 3.66. The maximum absolute atomic E-state index is 12.2. The van der Waals surface area contributed by atoms with Crippen LogP contribution in [-0.2, 0) is 9.59 Å². The molecular formula is C16H13ClN4O4. The summed E-state index contributed by atoms with van der Waals surface area (Å²) < 4.78 is 0. The zero-order valence-electron chi connectivity index (χ0n) is 12.8. The summed E-state index contributed by atoms with van der Waals surface area (Å²) in [7, 11) is 0. The molecule has 128 valence electrons.